The highest BCUT2D eigenvalue weighted by molar-refractivity contribution is 5.58. The van der Waals surface area contributed by atoms with Crippen molar-refractivity contribution in [2.24, 2.45) is 5.41 Å². The summed E-state index contributed by atoms with van der Waals surface area (Å²) in [6.07, 6.45) is 6.78. The molecule has 0 aromatic rings. The summed E-state index contributed by atoms with van der Waals surface area (Å²) in [5.74, 6) is 0. The molecule has 2 unspecified atom stereocenters. The molecule has 2 heteroatoms. The second kappa shape index (κ2) is 4.75. The lowest BCUT2D eigenvalue weighted by Gasteiger charge is -2.29. The molecule has 1 saturated heterocycles. The molecule has 0 aliphatic carbocycles. The Bertz CT molecular complexity index is 161. The largest absolute Gasteiger partial charge is 0.378 e. The summed E-state index contributed by atoms with van der Waals surface area (Å²) in [5.41, 5.74) is -0.165. The molecule has 0 spiro atoms. The Hall–Kier alpha value is -0.370. The van der Waals surface area contributed by atoms with Crippen LogP contribution in [0, 0.1) is 5.41 Å². The SMILES string of the molecule is CCC(C)(C=O)CC1CCCCO1. The van der Waals surface area contributed by atoms with E-state index < -0.39 is 0 Å². The second-order valence-electron chi connectivity index (χ2n) is 4.32. The van der Waals surface area contributed by atoms with Gasteiger partial charge in [-0.25, -0.2) is 0 Å². The van der Waals surface area contributed by atoms with E-state index >= 15 is 0 Å². The van der Waals surface area contributed by atoms with E-state index in [4.69, 9.17) is 4.74 Å². The first-order chi connectivity index (χ1) is 6.20. The number of aldehydes is 1. The van der Waals surface area contributed by atoms with Crippen molar-refractivity contribution in [2.45, 2.75) is 52.1 Å². The standard InChI is InChI=1S/C11H20O2/c1-3-11(2,9-12)8-10-6-4-5-7-13-10/h9-10H,3-8H2,1-2H3. The molecule has 0 aromatic carbocycles. The van der Waals surface area contributed by atoms with Gasteiger partial charge in [-0.1, -0.05) is 13.8 Å². The quantitative estimate of drug-likeness (QED) is 0.628. The Labute approximate surface area is 80.7 Å². The van der Waals surface area contributed by atoms with Gasteiger partial charge in [0, 0.05) is 12.0 Å². The van der Waals surface area contributed by atoms with Crippen LogP contribution in [0.15, 0.2) is 0 Å². The van der Waals surface area contributed by atoms with Crippen LogP contribution in [0.2, 0.25) is 0 Å². The van der Waals surface area contributed by atoms with Crippen LogP contribution < -0.4 is 0 Å². The van der Waals surface area contributed by atoms with Crippen molar-refractivity contribution < 1.29 is 9.53 Å². The second-order valence-corrected chi connectivity index (χ2v) is 4.32. The van der Waals surface area contributed by atoms with Crippen LogP contribution in [0.3, 0.4) is 0 Å². The molecule has 1 heterocycles. The third-order valence-corrected chi connectivity index (χ3v) is 3.06. The van der Waals surface area contributed by atoms with Gasteiger partial charge in [-0.3, -0.25) is 0 Å². The van der Waals surface area contributed by atoms with E-state index in [0.717, 1.165) is 32.2 Å². The number of carbonyl (C=O) groups is 1. The molecule has 1 rings (SSSR count). The molecule has 1 aliphatic heterocycles. The maximum atomic E-state index is 10.9. The highest BCUT2D eigenvalue weighted by atomic mass is 16.5. The molecule has 0 bridgehead atoms. The molecule has 0 saturated carbocycles. The summed E-state index contributed by atoms with van der Waals surface area (Å²) in [7, 11) is 0. The third kappa shape index (κ3) is 3.11. The van der Waals surface area contributed by atoms with Crippen molar-refractivity contribution in [3.05, 3.63) is 0 Å². The minimum absolute atomic E-state index is 0.165. The Morgan fingerprint density at radius 2 is 2.31 bits per heavy atom. The number of hydrogen-bond donors (Lipinski definition) is 0. The lowest BCUT2D eigenvalue weighted by molar-refractivity contribution is -0.118. The molecule has 0 radical (unpaired) electrons. The fourth-order valence-corrected chi connectivity index (χ4v) is 1.76. The summed E-state index contributed by atoms with van der Waals surface area (Å²) >= 11 is 0. The van der Waals surface area contributed by atoms with Gasteiger partial charge in [0.25, 0.3) is 0 Å². The van der Waals surface area contributed by atoms with Crippen LogP contribution >= 0.6 is 0 Å². The predicted octanol–water partition coefficient (Wildman–Crippen LogP) is 2.56. The zero-order chi connectivity index (χ0) is 9.73. The van der Waals surface area contributed by atoms with Crippen LogP contribution in [-0.4, -0.2) is 19.0 Å². The van der Waals surface area contributed by atoms with E-state index in [1.807, 2.05) is 6.92 Å². The van der Waals surface area contributed by atoms with Crippen molar-refractivity contribution in [1.82, 2.24) is 0 Å². The summed E-state index contributed by atoms with van der Waals surface area (Å²) < 4.78 is 5.62. The predicted molar refractivity (Wildman–Crippen MR) is 52.7 cm³/mol. The molecule has 0 aromatic heterocycles. The Morgan fingerprint density at radius 3 is 2.77 bits per heavy atom. The lowest BCUT2D eigenvalue weighted by Crippen LogP contribution is -2.28. The monoisotopic (exact) mass is 184 g/mol. The number of hydrogen-bond acceptors (Lipinski definition) is 2. The molecular formula is C11H20O2. The van der Waals surface area contributed by atoms with Crippen molar-refractivity contribution in [3.63, 3.8) is 0 Å². The summed E-state index contributed by atoms with van der Waals surface area (Å²) in [4.78, 5) is 10.9. The van der Waals surface area contributed by atoms with Crippen molar-refractivity contribution in [3.8, 4) is 0 Å². The fraction of sp³-hybridized carbons (Fsp3) is 0.909. The molecule has 2 atom stereocenters. The van der Waals surface area contributed by atoms with Crippen LogP contribution in [-0.2, 0) is 9.53 Å². The van der Waals surface area contributed by atoms with E-state index in [0.29, 0.717) is 6.10 Å². The molecule has 76 valence electrons. The topological polar surface area (TPSA) is 26.3 Å². The van der Waals surface area contributed by atoms with E-state index in [1.165, 1.54) is 12.8 Å². The van der Waals surface area contributed by atoms with E-state index in [2.05, 4.69) is 6.92 Å². The van der Waals surface area contributed by atoms with Gasteiger partial charge < -0.3 is 9.53 Å². The van der Waals surface area contributed by atoms with Crippen molar-refractivity contribution in [1.29, 1.82) is 0 Å². The van der Waals surface area contributed by atoms with E-state index in [9.17, 15) is 4.79 Å². The van der Waals surface area contributed by atoms with Gasteiger partial charge in [0.1, 0.15) is 6.29 Å². The maximum absolute atomic E-state index is 10.9. The van der Waals surface area contributed by atoms with Crippen LogP contribution in [0.5, 0.6) is 0 Å². The van der Waals surface area contributed by atoms with Gasteiger partial charge in [-0.05, 0) is 32.1 Å². The van der Waals surface area contributed by atoms with Gasteiger partial charge in [-0.15, -0.1) is 0 Å². The van der Waals surface area contributed by atoms with Gasteiger partial charge >= 0.3 is 0 Å². The molecular weight excluding hydrogens is 164 g/mol. The van der Waals surface area contributed by atoms with Crippen molar-refractivity contribution >= 4 is 6.29 Å². The van der Waals surface area contributed by atoms with Gasteiger partial charge in [0.15, 0.2) is 0 Å². The first-order valence-corrected chi connectivity index (χ1v) is 5.28. The Morgan fingerprint density at radius 1 is 1.54 bits per heavy atom. The molecule has 1 fully saturated rings. The number of ether oxygens (including phenoxy) is 1. The number of rotatable bonds is 4. The highest BCUT2D eigenvalue weighted by Gasteiger charge is 2.27. The first-order valence-electron chi connectivity index (χ1n) is 5.28. The van der Waals surface area contributed by atoms with Crippen LogP contribution in [0.25, 0.3) is 0 Å². The Kier molecular flexibility index (Phi) is 3.91. The zero-order valence-electron chi connectivity index (χ0n) is 8.71. The van der Waals surface area contributed by atoms with Crippen LogP contribution in [0.4, 0.5) is 0 Å². The smallest absolute Gasteiger partial charge is 0.125 e. The average molecular weight is 184 g/mol. The lowest BCUT2D eigenvalue weighted by atomic mass is 9.82. The van der Waals surface area contributed by atoms with E-state index in [1.54, 1.807) is 0 Å². The Balaban J connectivity index is 2.40. The van der Waals surface area contributed by atoms with Crippen molar-refractivity contribution in [2.75, 3.05) is 6.61 Å². The molecule has 2 nitrogen and oxygen atoms in total. The molecule has 0 N–H and O–H groups in total. The average Bonchev–Trinajstić information content (AvgIpc) is 2.19. The van der Waals surface area contributed by atoms with Crippen LogP contribution in [0.1, 0.15) is 46.0 Å². The zero-order valence-corrected chi connectivity index (χ0v) is 8.71. The van der Waals surface area contributed by atoms with E-state index in [-0.39, 0.29) is 5.41 Å². The molecule has 1 aliphatic rings. The van der Waals surface area contributed by atoms with Gasteiger partial charge in [-0.2, -0.15) is 0 Å². The molecule has 0 amide bonds. The maximum Gasteiger partial charge on any atom is 0.125 e. The summed E-state index contributed by atoms with van der Waals surface area (Å²) in [6, 6.07) is 0. The first kappa shape index (κ1) is 10.7. The van der Waals surface area contributed by atoms with Gasteiger partial charge in [0.05, 0.1) is 6.10 Å². The fourth-order valence-electron chi connectivity index (χ4n) is 1.76. The molecule has 13 heavy (non-hydrogen) atoms. The minimum atomic E-state index is -0.165. The number of carbonyl (C=O) groups excluding carboxylic acids is 1. The highest BCUT2D eigenvalue weighted by Crippen LogP contribution is 2.29. The summed E-state index contributed by atoms with van der Waals surface area (Å²) in [6.45, 7) is 4.97. The normalized spacial score (nSPS) is 28.0. The van der Waals surface area contributed by atoms with Gasteiger partial charge in [0.2, 0.25) is 0 Å². The minimum Gasteiger partial charge on any atom is -0.378 e. The third-order valence-electron chi connectivity index (χ3n) is 3.06. The summed E-state index contributed by atoms with van der Waals surface area (Å²) in [5, 5.41) is 0.